The Morgan fingerprint density at radius 2 is 1.62 bits per heavy atom. The number of para-hydroxylation sites is 1. The predicted octanol–water partition coefficient (Wildman–Crippen LogP) is 5.37. The van der Waals surface area contributed by atoms with Gasteiger partial charge in [0.1, 0.15) is 18.0 Å². The highest BCUT2D eigenvalue weighted by Gasteiger charge is 2.21. The van der Waals surface area contributed by atoms with E-state index in [-0.39, 0.29) is 28.0 Å². The molecule has 0 saturated heterocycles. The highest BCUT2D eigenvalue weighted by molar-refractivity contribution is 14.1. The zero-order chi connectivity index (χ0) is 19.7. The van der Waals surface area contributed by atoms with E-state index in [1.54, 1.807) is 54.6 Å². The van der Waals surface area contributed by atoms with Gasteiger partial charge in [-0.2, -0.15) is 0 Å². The second kappa shape index (κ2) is 8.60. The molecule has 0 aliphatic carbocycles. The fraction of sp³-hybridized carbons (Fsp3) is 0. The zero-order valence-corrected chi connectivity index (χ0v) is 18.5. The molecule has 0 aliphatic heterocycles. The van der Waals surface area contributed by atoms with Crippen LogP contribution in [0, 0.1) is 9.39 Å². The van der Waals surface area contributed by atoms with E-state index in [9.17, 15) is 12.8 Å². The molecule has 0 spiro atoms. The number of rotatable bonds is 4. The molecule has 29 heavy (non-hydrogen) atoms. The summed E-state index contributed by atoms with van der Waals surface area (Å²) in [5, 5.41) is 3.68. The van der Waals surface area contributed by atoms with Crippen molar-refractivity contribution in [2.75, 3.05) is 5.32 Å². The number of aromatic nitrogens is 2. The smallest absolute Gasteiger partial charge is 0.208 e. The lowest BCUT2D eigenvalue weighted by atomic mass is 10.2. The molecule has 148 valence electrons. The summed E-state index contributed by atoms with van der Waals surface area (Å²) in [5.41, 5.74) is 0.810. The van der Waals surface area contributed by atoms with Crippen molar-refractivity contribution in [3.05, 3.63) is 82.4 Å². The normalized spacial score (nSPS) is 11.1. The molecule has 0 bridgehead atoms. The number of nitrogens with one attached hydrogen (secondary N) is 1. The molecule has 1 heterocycles. The van der Waals surface area contributed by atoms with Gasteiger partial charge in [-0.15, -0.1) is 12.4 Å². The third-order valence-corrected chi connectivity index (χ3v) is 6.82. The minimum atomic E-state index is -3.73. The molecule has 0 fully saturated rings. The van der Waals surface area contributed by atoms with E-state index in [1.165, 1.54) is 18.5 Å². The lowest BCUT2D eigenvalue weighted by Crippen LogP contribution is -2.06. The van der Waals surface area contributed by atoms with E-state index >= 15 is 0 Å². The Bertz CT molecular complexity index is 1290. The van der Waals surface area contributed by atoms with E-state index in [4.69, 9.17) is 0 Å². The van der Waals surface area contributed by atoms with E-state index in [2.05, 4.69) is 15.3 Å². The summed E-state index contributed by atoms with van der Waals surface area (Å²) >= 11 is 1.89. The Morgan fingerprint density at radius 3 is 2.38 bits per heavy atom. The molecule has 1 aromatic heterocycles. The van der Waals surface area contributed by atoms with Crippen molar-refractivity contribution in [3.8, 4) is 0 Å². The highest BCUT2D eigenvalue weighted by Crippen LogP contribution is 2.31. The fourth-order valence-electron chi connectivity index (χ4n) is 2.81. The first-order valence-electron chi connectivity index (χ1n) is 8.23. The minimum Gasteiger partial charge on any atom is -0.339 e. The van der Waals surface area contributed by atoms with Crippen LogP contribution in [0.3, 0.4) is 0 Å². The molecular weight excluding hydrogens is 528 g/mol. The van der Waals surface area contributed by atoms with Crippen LogP contribution < -0.4 is 5.32 Å². The lowest BCUT2D eigenvalue weighted by Gasteiger charge is -2.13. The molecule has 0 unspecified atom stereocenters. The molecule has 3 aromatic carbocycles. The number of anilines is 2. The zero-order valence-electron chi connectivity index (χ0n) is 14.7. The molecule has 0 amide bonds. The van der Waals surface area contributed by atoms with Crippen LogP contribution in [0.1, 0.15) is 0 Å². The topological polar surface area (TPSA) is 72.0 Å². The molecule has 4 aromatic rings. The third-order valence-electron chi connectivity index (χ3n) is 4.16. The van der Waals surface area contributed by atoms with Crippen molar-refractivity contribution in [3.63, 3.8) is 0 Å². The molecule has 0 atom stereocenters. The van der Waals surface area contributed by atoms with Gasteiger partial charge in [0.05, 0.1) is 21.0 Å². The Hall–Kier alpha value is -2.30. The maximum atomic E-state index is 13.8. The molecule has 0 saturated carbocycles. The first-order chi connectivity index (χ1) is 13.5. The first-order valence-corrected chi connectivity index (χ1v) is 10.8. The SMILES string of the molecule is Cl.O=S(=O)(c1ccccc1)c1ccccc1Nc1ncnc2cc(F)c(I)cc12. The minimum absolute atomic E-state index is 0. The second-order valence-corrected chi connectivity index (χ2v) is 9.02. The number of hydrogen-bond donors (Lipinski definition) is 1. The van der Waals surface area contributed by atoms with Crippen LogP contribution in [0.2, 0.25) is 0 Å². The maximum Gasteiger partial charge on any atom is 0.208 e. The van der Waals surface area contributed by atoms with Gasteiger partial charge in [-0.1, -0.05) is 30.3 Å². The first kappa shape index (κ1) is 21.4. The van der Waals surface area contributed by atoms with Crippen molar-refractivity contribution >= 4 is 67.2 Å². The van der Waals surface area contributed by atoms with Gasteiger partial charge < -0.3 is 5.32 Å². The quantitative estimate of drug-likeness (QED) is 0.352. The van der Waals surface area contributed by atoms with Gasteiger partial charge in [-0.25, -0.2) is 22.8 Å². The van der Waals surface area contributed by atoms with Crippen LogP contribution in [0.5, 0.6) is 0 Å². The highest BCUT2D eigenvalue weighted by atomic mass is 127. The van der Waals surface area contributed by atoms with Gasteiger partial charge in [-0.05, 0) is 52.9 Å². The van der Waals surface area contributed by atoms with Crippen LogP contribution in [0.4, 0.5) is 15.9 Å². The number of hydrogen-bond acceptors (Lipinski definition) is 5. The predicted molar refractivity (Wildman–Crippen MR) is 121 cm³/mol. The van der Waals surface area contributed by atoms with Crippen molar-refractivity contribution in [1.29, 1.82) is 0 Å². The number of fused-ring (bicyclic) bond motifs is 1. The van der Waals surface area contributed by atoms with Gasteiger partial charge in [0, 0.05) is 15.0 Å². The summed E-state index contributed by atoms with van der Waals surface area (Å²) in [6.45, 7) is 0. The van der Waals surface area contributed by atoms with E-state index in [1.807, 2.05) is 22.6 Å². The Morgan fingerprint density at radius 1 is 0.931 bits per heavy atom. The summed E-state index contributed by atoms with van der Waals surface area (Å²) < 4.78 is 40.4. The van der Waals surface area contributed by atoms with E-state index < -0.39 is 9.84 Å². The lowest BCUT2D eigenvalue weighted by molar-refractivity contribution is 0.596. The van der Waals surface area contributed by atoms with Gasteiger partial charge >= 0.3 is 0 Å². The number of halogens is 3. The average molecular weight is 542 g/mol. The standard InChI is InChI=1S/C20H13FIN3O2S.ClH/c21-15-11-18-14(10-16(15)22)20(24-12-23-18)25-17-8-4-5-9-19(17)28(26,27)13-6-2-1-3-7-13;/h1-12H,(H,23,24,25);1H. The van der Waals surface area contributed by atoms with Crippen molar-refractivity contribution in [2.45, 2.75) is 9.79 Å². The second-order valence-electron chi connectivity index (χ2n) is 5.94. The largest absolute Gasteiger partial charge is 0.339 e. The third kappa shape index (κ3) is 4.19. The van der Waals surface area contributed by atoms with Crippen molar-refractivity contribution in [1.82, 2.24) is 9.97 Å². The van der Waals surface area contributed by atoms with Crippen LogP contribution in [-0.4, -0.2) is 18.4 Å². The van der Waals surface area contributed by atoms with Crippen molar-refractivity contribution < 1.29 is 12.8 Å². The molecule has 1 N–H and O–H groups in total. The van der Waals surface area contributed by atoms with Gasteiger partial charge in [0.15, 0.2) is 0 Å². The fourth-order valence-corrected chi connectivity index (χ4v) is 4.71. The van der Waals surface area contributed by atoms with Gasteiger partial charge in [-0.3, -0.25) is 0 Å². The number of benzene rings is 3. The summed E-state index contributed by atoms with van der Waals surface area (Å²) in [7, 11) is -3.73. The molecule has 0 radical (unpaired) electrons. The van der Waals surface area contributed by atoms with Crippen LogP contribution in [-0.2, 0) is 9.84 Å². The summed E-state index contributed by atoms with van der Waals surface area (Å²) in [6, 6.07) is 17.8. The number of sulfone groups is 1. The summed E-state index contributed by atoms with van der Waals surface area (Å²) in [6.07, 6.45) is 1.31. The monoisotopic (exact) mass is 541 g/mol. The van der Waals surface area contributed by atoms with E-state index in [0.717, 1.165) is 0 Å². The molecule has 0 aliphatic rings. The molecule has 5 nitrogen and oxygen atoms in total. The van der Waals surface area contributed by atoms with Crippen molar-refractivity contribution in [2.24, 2.45) is 0 Å². The summed E-state index contributed by atoms with van der Waals surface area (Å²) in [4.78, 5) is 8.65. The molecular formula is C20H14ClFIN3O2S. The Balaban J connectivity index is 0.00000240. The van der Waals surface area contributed by atoms with Gasteiger partial charge in [0.2, 0.25) is 9.84 Å². The maximum absolute atomic E-state index is 13.8. The average Bonchev–Trinajstić information content (AvgIpc) is 2.70. The summed E-state index contributed by atoms with van der Waals surface area (Å²) in [5.74, 6) is 0.0310. The van der Waals surface area contributed by atoms with Crippen LogP contribution >= 0.6 is 35.0 Å². The number of nitrogens with zero attached hydrogens (tertiary/aromatic N) is 2. The van der Waals surface area contributed by atoms with E-state index in [0.29, 0.717) is 26.0 Å². The Labute approximate surface area is 186 Å². The molecule has 9 heteroatoms. The molecule has 4 rings (SSSR count). The Kier molecular flexibility index (Phi) is 6.35. The van der Waals surface area contributed by atoms with Crippen LogP contribution in [0.15, 0.2) is 82.8 Å². The van der Waals surface area contributed by atoms with Crippen LogP contribution in [0.25, 0.3) is 10.9 Å². The van der Waals surface area contributed by atoms with Gasteiger partial charge in [0.25, 0.3) is 0 Å².